The fraction of sp³-hybridized carbons (Fsp3) is 0.167. The molecule has 2 aromatic carbocycles. The number of ether oxygens (including phenoxy) is 1. The van der Waals surface area contributed by atoms with Crippen LogP contribution in [0.25, 0.3) is 0 Å². The standard InChI is InChI=1S/C18H18N2O2/c21-17-9-5-4-6-15(17)14-20-12-11-19-18(20)10-13-22-16-7-2-1-3-8-16/h1-9,11-12,21H,10,13-14H2. The van der Waals surface area contributed by atoms with Gasteiger partial charge in [0.05, 0.1) is 13.2 Å². The van der Waals surface area contributed by atoms with Gasteiger partial charge in [-0.2, -0.15) is 0 Å². The summed E-state index contributed by atoms with van der Waals surface area (Å²) in [6.45, 7) is 1.18. The molecule has 3 aromatic rings. The molecule has 3 rings (SSSR count). The number of imidazole rings is 1. The number of phenolic OH excluding ortho intramolecular Hbond substituents is 1. The zero-order valence-electron chi connectivity index (χ0n) is 12.2. The molecule has 0 unspecified atom stereocenters. The third kappa shape index (κ3) is 3.47. The van der Waals surface area contributed by atoms with E-state index in [-0.39, 0.29) is 0 Å². The van der Waals surface area contributed by atoms with Crippen molar-refractivity contribution >= 4 is 0 Å². The SMILES string of the molecule is Oc1ccccc1Cn1ccnc1CCOc1ccccc1. The molecule has 4 nitrogen and oxygen atoms in total. The Labute approximate surface area is 129 Å². The number of hydrogen-bond donors (Lipinski definition) is 1. The minimum Gasteiger partial charge on any atom is -0.508 e. The van der Waals surface area contributed by atoms with Crippen LogP contribution < -0.4 is 4.74 Å². The molecule has 0 atom stereocenters. The van der Waals surface area contributed by atoms with Crippen LogP contribution in [0.2, 0.25) is 0 Å². The monoisotopic (exact) mass is 294 g/mol. The highest BCUT2D eigenvalue weighted by Crippen LogP contribution is 2.17. The lowest BCUT2D eigenvalue weighted by molar-refractivity contribution is 0.317. The first-order valence-corrected chi connectivity index (χ1v) is 7.27. The van der Waals surface area contributed by atoms with Gasteiger partial charge in [0.25, 0.3) is 0 Å². The number of para-hydroxylation sites is 2. The predicted molar refractivity (Wildman–Crippen MR) is 85.1 cm³/mol. The topological polar surface area (TPSA) is 47.3 Å². The largest absolute Gasteiger partial charge is 0.508 e. The van der Waals surface area contributed by atoms with E-state index in [4.69, 9.17) is 4.74 Å². The number of phenols is 1. The molecule has 22 heavy (non-hydrogen) atoms. The molecule has 1 N–H and O–H groups in total. The molecule has 0 spiro atoms. The molecule has 1 aromatic heterocycles. The second-order valence-corrected chi connectivity index (χ2v) is 5.01. The van der Waals surface area contributed by atoms with Crippen molar-refractivity contribution in [2.24, 2.45) is 0 Å². The Morgan fingerprint density at radius 3 is 2.59 bits per heavy atom. The molecule has 0 saturated carbocycles. The van der Waals surface area contributed by atoms with Gasteiger partial charge in [-0.05, 0) is 18.2 Å². The van der Waals surface area contributed by atoms with Crippen molar-refractivity contribution in [1.82, 2.24) is 9.55 Å². The van der Waals surface area contributed by atoms with Gasteiger partial charge < -0.3 is 14.4 Å². The van der Waals surface area contributed by atoms with E-state index >= 15 is 0 Å². The predicted octanol–water partition coefficient (Wildman–Crippen LogP) is 3.26. The molecule has 1 heterocycles. The van der Waals surface area contributed by atoms with Gasteiger partial charge in [0.2, 0.25) is 0 Å². The van der Waals surface area contributed by atoms with E-state index < -0.39 is 0 Å². The van der Waals surface area contributed by atoms with Gasteiger partial charge in [0.1, 0.15) is 17.3 Å². The van der Waals surface area contributed by atoms with Crippen LogP contribution in [0.15, 0.2) is 67.0 Å². The van der Waals surface area contributed by atoms with Crippen molar-refractivity contribution in [3.8, 4) is 11.5 Å². The molecular weight excluding hydrogens is 276 g/mol. The number of benzene rings is 2. The highest BCUT2D eigenvalue weighted by Gasteiger charge is 2.06. The Kier molecular flexibility index (Phi) is 4.39. The van der Waals surface area contributed by atoms with E-state index in [1.165, 1.54) is 0 Å². The van der Waals surface area contributed by atoms with Gasteiger partial charge in [0, 0.05) is 24.4 Å². The summed E-state index contributed by atoms with van der Waals surface area (Å²) in [5.41, 5.74) is 0.880. The molecule has 0 fully saturated rings. The Hall–Kier alpha value is -2.75. The van der Waals surface area contributed by atoms with Crippen molar-refractivity contribution in [2.45, 2.75) is 13.0 Å². The summed E-state index contributed by atoms with van der Waals surface area (Å²) in [7, 11) is 0. The lowest BCUT2D eigenvalue weighted by Gasteiger charge is -2.10. The van der Waals surface area contributed by atoms with Crippen molar-refractivity contribution in [3.63, 3.8) is 0 Å². The van der Waals surface area contributed by atoms with E-state index in [0.29, 0.717) is 18.9 Å². The van der Waals surface area contributed by atoms with E-state index in [2.05, 4.69) is 4.98 Å². The van der Waals surface area contributed by atoms with Gasteiger partial charge in [-0.1, -0.05) is 36.4 Å². The van der Waals surface area contributed by atoms with E-state index in [1.54, 1.807) is 12.3 Å². The number of aromatic hydroxyl groups is 1. The quantitative estimate of drug-likeness (QED) is 0.759. The molecule has 0 aliphatic heterocycles. The minimum absolute atomic E-state index is 0.308. The summed E-state index contributed by atoms with van der Waals surface area (Å²) in [6, 6.07) is 17.1. The summed E-state index contributed by atoms with van der Waals surface area (Å²) in [5, 5.41) is 9.87. The zero-order chi connectivity index (χ0) is 15.2. The lowest BCUT2D eigenvalue weighted by Crippen LogP contribution is -2.09. The summed E-state index contributed by atoms with van der Waals surface area (Å²) in [4.78, 5) is 4.37. The summed E-state index contributed by atoms with van der Waals surface area (Å²) in [6.07, 6.45) is 4.41. The summed E-state index contributed by atoms with van der Waals surface area (Å²) < 4.78 is 7.74. The van der Waals surface area contributed by atoms with E-state index in [0.717, 1.165) is 23.6 Å². The van der Waals surface area contributed by atoms with Gasteiger partial charge >= 0.3 is 0 Å². The normalized spacial score (nSPS) is 10.5. The van der Waals surface area contributed by atoms with E-state index in [1.807, 2.05) is 59.3 Å². The molecule has 0 bridgehead atoms. The van der Waals surface area contributed by atoms with Crippen molar-refractivity contribution in [3.05, 3.63) is 78.4 Å². The number of nitrogens with zero attached hydrogens (tertiary/aromatic N) is 2. The van der Waals surface area contributed by atoms with Crippen LogP contribution in [0, 0.1) is 0 Å². The fourth-order valence-corrected chi connectivity index (χ4v) is 2.32. The average Bonchev–Trinajstić information content (AvgIpc) is 2.98. The first-order valence-electron chi connectivity index (χ1n) is 7.27. The van der Waals surface area contributed by atoms with Gasteiger partial charge in [-0.25, -0.2) is 4.98 Å². The third-order valence-corrected chi connectivity index (χ3v) is 3.47. The minimum atomic E-state index is 0.308. The highest BCUT2D eigenvalue weighted by atomic mass is 16.5. The first kappa shape index (κ1) is 14.2. The van der Waals surface area contributed by atoms with Crippen LogP contribution in [-0.4, -0.2) is 21.3 Å². The van der Waals surface area contributed by atoms with Crippen molar-refractivity contribution in [1.29, 1.82) is 0 Å². The maximum Gasteiger partial charge on any atom is 0.120 e. The van der Waals surface area contributed by atoms with Crippen LogP contribution in [0.3, 0.4) is 0 Å². The number of hydrogen-bond acceptors (Lipinski definition) is 3. The molecular formula is C18H18N2O2. The third-order valence-electron chi connectivity index (χ3n) is 3.47. The second-order valence-electron chi connectivity index (χ2n) is 5.01. The molecule has 0 aliphatic carbocycles. The smallest absolute Gasteiger partial charge is 0.120 e. The molecule has 0 radical (unpaired) electrons. The number of aromatic nitrogens is 2. The fourth-order valence-electron chi connectivity index (χ4n) is 2.32. The molecule has 0 amide bonds. The van der Waals surface area contributed by atoms with E-state index in [9.17, 15) is 5.11 Å². The molecule has 4 heteroatoms. The Balaban J connectivity index is 1.61. The van der Waals surface area contributed by atoms with Crippen molar-refractivity contribution < 1.29 is 9.84 Å². The Morgan fingerprint density at radius 1 is 1.00 bits per heavy atom. The van der Waals surface area contributed by atoms with Gasteiger partial charge in [-0.15, -0.1) is 0 Å². The average molecular weight is 294 g/mol. The van der Waals surface area contributed by atoms with Crippen LogP contribution in [0.5, 0.6) is 11.5 Å². The van der Waals surface area contributed by atoms with Crippen LogP contribution in [-0.2, 0) is 13.0 Å². The lowest BCUT2D eigenvalue weighted by atomic mass is 10.2. The van der Waals surface area contributed by atoms with Gasteiger partial charge in [0.15, 0.2) is 0 Å². The maximum atomic E-state index is 9.87. The maximum absolute atomic E-state index is 9.87. The second kappa shape index (κ2) is 6.80. The van der Waals surface area contributed by atoms with Crippen molar-refractivity contribution in [2.75, 3.05) is 6.61 Å². The molecule has 0 saturated heterocycles. The zero-order valence-corrected chi connectivity index (χ0v) is 12.2. The van der Waals surface area contributed by atoms with Crippen LogP contribution in [0.1, 0.15) is 11.4 Å². The Morgan fingerprint density at radius 2 is 1.77 bits per heavy atom. The number of rotatable bonds is 6. The highest BCUT2D eigenvalue weighted by molar-refractivity contribution is 5.32. The van der Waals surface area contributed by atoms with Gasteiger partial charge in [-0.3, -0.25) is 0 Å². The van der Waals surface area contributed by atoms with Crippen LogP contribution in [0.4, 0.5) is 0 Å². The Bertz CT molecular complexity index is 723. The first-order chi connectivity index (χ1) is 10.8. The molecule has 0 aliphatic rings. The summed E-state index contributed by atoms with van der Waals surface area (Å²) in [5.74, 6) is 2.11. The summed E-state index contributed by atoms with van der Waals surface area (Å²) >= 11 is 0. The van der Waals surface area contributed by atoms with Crippen LogP contribution >= 0.6 is 0 Å². The molecule has 112 valence electrons.